The number of hydrogen-bond acceptors (Lipinski definition) is 5. The zero-order chi connectivity index (χ0) is 14.1. The summed E-state index contributed by atoms with van der Waals surface area (Å²) in [7, 11) is 0. The summed E-state index contributed by atoms with van der Waals surface area (Å²) in [5.74, 6) is 2.14. The zero-order valence-electron chi connectivity index (χ0n) is 11.7. The first-order chi connectivity index (χ1) is 9.63. The molecule has 0 bridgehead atoms. The lowest BCUT2D eigenvalue weighted by Gasteiger charge is -2.10. The van der Waals surface area contributed by atoms with Crippen LogP contribution in [0.5, 0.6) is 5.75 Å². The molecule has 0 amide bonds. The van der Waals surface area contributed by atoms with Crippen LogP contribution >= 0.6 is 0 Å². The van der Waals surface area contributed by atoms with E-state index in [1.807, 2.05) is 32.0 Å². The molecule has 1 aromatic heterocycles. The van der Waals surface area contributed by atoms with E-state index < -0.39 is 6.10 Å². The van der Waals surface area contributed by atoms with Crippen molar-refractivity contribution in [2.45, 2.75) is 32.8 Å². The van der Waals surface area contributed by atoms with Crippen molar-refractivity contribution in [1.29, 1.82) is 0 Å². The molecule has 0 aliphatic carbocycles. The number of aliphatic hydroxyl groups excluding tert-OH is 1. The number of rotatable bonds is 4. The van der Waals surface area contributed by atoms with Crippen LogP contribution in [-0.2, 0) is 12.8 Å². The van der Waals surface area contributed by atoms with Crippen LogP contribution in [0.1, 0.15) is 25.3 Å². The van der Waals surface area contributed by atoms with Gasteiger partial charge in [0.25, 0.3) is 0 Å². The van der Waals surface area contributed by atoms with Gasteiger partial charge in [-0.25, -0.2) is 0 Å². The van der Waals surface area contributed by atoms with E-state index in [1.165, 1.54) is 5.56 Å². The van der Waals surface area contributed by atoms with E-state index >= 15 is 0 Å². The predicted octanol–water partition coefficient (Wildman–Crippen LogP) is 2.23. The Hall–Kier alpha value is -1.88. The van der Waals surface area contributed by atoms with E-state index in [9.17, 15) is 5.11 Å². The maximum absolute atomic E-state index is 9.84. The molecular weight excluding hydrogens is 256 g/mol. The topological polar surface area (TPSA) is 68.4 Å². The van der Waals surface area contributed by atoms with E-state index in [-0.39, 0.29) is 5.92 Å². The summed E-state index contributed by atoms with van der Waals surface area (Å²) in [5.41, 5.74) is 2.10. The van der Waals surface area contributed by atoms with Crippen molar-refractivity contribution >= 4 is 0 Å². The molecule has 5 heteroatoms. The Morgan fingerprint density at radius 3 is 3.00 bits per heavy atom. The Bertz CT molecular complexity index is 607. The quantitative estimate of drug-likeness (QED) is 0.926. The van der Waals surface area contributed by atoms with Gasteiger partial charge >= 0.3 is 0 Å². The second-order valence-corrected chi connectivity index (χ2v) is 5.45. The van der Waals surface area contributed by atoms with E-state index in [2.05, 4.69) is 10.1 Å². The number of ether oxygens (including phenoxy) is 1. The second kappa shape index (κ2) is 5.25. The average molecular weight is 274 g/mol. The molecule has 0 radical (unpaired) electrons. The van der Waals surface area contributed by atoms with Crippen molar-refractivity contribution in [3.05, 3.63) is 29.7 Å². The highest BCUT2D eigenvalue weighted by Crippen LogP contribution is 2.29. The second-order valence-electron chi connectivity index (χ2n) is 5.45. The van der Waals surface area contributed by atoms with Crippen molar-refractivity contribution in [2.75, 3.05) is 6.61 Å². The molecule has 1 aromatic carbocycles. The first-order valence-corrected chi connectivity index (χ1v) is 6.90. The standard InChI is InChI=1S/C15H18N2O3/c1-9(2)12(18)8-14-16-15(17-20-14)11-3-4-13-10(7-11)5-6-19-13/h3-4,7,9,12,18H,5-6,8H2,1-2H3. The molecule has 2 aromatic rings. The molecule has 1 aliphatic rings. The summed E-state index contributed by atoms with van der Waals surface area (Å²) in [5, 5.41) is 13.8. The molecular formula is C15H18N2O3. The van der Waals surface area contributed by atoms with Crippen LogP contribution in [0.2, 0.25) is 0 Å². The maximum atomic E-state index is 9.84. The lowest BCUT2D eigenvalue weighted by atomic mass is 10.0. The third-order valence-corrected chi connectivity index (χ3v) is 3.57. The van der Waals surface area contributed by atoms with Crippen molar-refractivity contribution in [1.82, 2.24) is 10.1 Å². The number of hydrogen-bond donors (Lipinski definition) is 1. The fourth-order valence-corrected chi connectivity index (χ4v) is 2.20. The molecule has 0 spiro atoms. The van der Waals surface area contributed by atoms with Crippen molar-refractivity contribution in [2.24, 2.45) is 5.92 Å². The van der Waals surface area contributed by atoms with Crippen LogP contribution in [-0.4, -0.2) is 28.0 Å². The Labute approximate surface area is 117 Å². The van der Waals surface area contributed by atoms with Crippen LogP contribution in [0.15, 0.2) is 22.7 Å². The van der Waals surface area contributed by atoms with Gasteiger partial charge in [0.2, 0.25) is 11.7 Å². The van der Waals surface area contributed by atoms with E-state index in [1.54, 1.807) is 0 Å². The van der Waals surface area contributed by atoms with Crippen LogP contribution in [0, 0.1) is 5.92 Å². The molecule has 1 atom stereocenters. The summed E-state index contributed by atoms with van der Waals surface area (Å²) < 4.78 is 10.7. The van der Waals surface area contributed by atoms with Gasteiger partial charge in [-0.3, -0.25) is 0 Å². The highest BCUT2D eigenvalue weighted by molar-refractivity contribution is 5.59. The smallest absolute Gasteiger partial charge is 0.229 e. The minimum Gasteiger partial charge on any atom is -0.493 e. The summed E-state index contributed by atoms with van der Waals surface area (Å²) in [4.78, 5) is 4.35. The third-order valence-electron chi connectivity index (χ3n) is 3.57. The highest BCUT2D eigenvalue weighted by Gasteiger charge is 2.18. The molecule has 5 nitrogen and oxygen atoms in total. The lowest BCUT2D eigenvalue weighted by molar-refractivity contribution is 0.116. The van der Waals surface area contributed by atoms with E-state index in [0.29, 0.717) is 18.1 Å². The number of aliphatic hydroxyl groups is 1. The highest BCUT2D eigenvalue weighted by atomic mass is 16.5. The normalized spacial score (nSPS) is 15.2. The molecule has 0 fully saturated rings. The maximum Gasteiger partial charge on any atom is 0.229 e. The molecule has 1 unspecified atom stereocenters. The van der Waals surface area contributed by atoms with Gasteiger partial charge in [0.05, 0.1) is 19.1 Å². The first kappa shape index (κ1) is 13.1. The predicted molar refractivity (Wildman–Crippen MR) is 73.5 cm³/mol. The largest absolute Gasteiger partial charge is 0.493 e. The number of nitrogens with zero attached hydrogens (tertiary/aromatic N) is 2. The minimum atomic E-state index is -0.461. The fraction of sp³-hybridized carbons (Fsp3) is 0.467. The number of fused-ring (bicyclic) bond motifs is 1. The fourth-order valence-electron chi connectivity index (χ4n) is 2.20. The summed E-state index contributed by atoms with van der Waals surface area (Å²) in [6.07, 6.45) is 0.843. The molecule has 1 aliphatic heterocycles. The SMILES string of the molecule is CC(C)C(O)Cc1nc(-c2ccc3c(c2)CCO3)no1. The average Bonchev–Trinajstić information content (AvgIpc) is 3.05. The van der Waals surface area contributed by atoms with Gasteiger partial charge in [-0.1, -0.05) is 19.0 Å². The Balaban J connectivity index is 1.80. The van der Waals surface area contributed by atoms with Crippen LogP contribution < -0.4 is 4.74 Å². The van der Waals surface area contributed by atoms with Gasteiger partial charge in [0, 0.05) is 12.0 Å². The summed E-state index contributed by atoms with van der Waals surface area (Å²) in [6, 6.07) is 5.91. The van der Waals surface area contributed by atoms with Gasteiger partial charge in [-0.05, 0) is 29.7 Å². The minimum absolute atomic E-state index is 0.169. The lowest BCUT2D eigenvalue weighted by Crippen LogP contribution is -2.17. The zero-order valence-corrected chi connectivity index (χ0v) is 11.7. The van der Waals surface area contributed by atoms with Crippen molar-refractivity contribution in [3.63, 3.8) is 0 Å². The monoisotopic (exact) mass is 274 g/mol. The molecule has 1 N–H and O–H groups in total. The Morgan fingerprint density at radius 2 is 2.20 bits per heavy atom. The Morgan fingerprint density at radius 1 is 1.35 bits per heavy atom. The number of benzene rings is 1. The van der Waals surface area contributed by atoms with Crippen molar-refractivity contribution in [3.8, 4) is 17.1 Å². The van der Waals surface area contributed by atoms with Gasteiger partial charge in [0.15, 0.2) is 0 Å². The van der Waals surface area contributed by atoms with Crippen LogP contribution in [0.4, 0.5) is 0 Å². The number of aromatic nitrogens is 2. The summed E-state index contributed by atoms with van der Waals surface area (Å²) >= 11 is 0. The van der Waals surface area contributed by atoms with Crippen molar-refractivity contribution < 1.29 is 14.4 Å². The molecule has 0 saturated heterocycles. The van der Waals surface area contributed by atoms with E-state index in [4.69, 9.17) is 9.26 Å². The summed E-state index contributed by atoms with van der Waals surface area (Å²) in [6.45, 7) is 4.65. The Kier molecular flexibility index (Phi) is 3.44. The molecule has 2 heterocycles. The molecule has 0 saturated carbocycles. The van der Waals surface area contributed by atoms with Gasteiger partial charge < -0.3 is 14.4 Å². The molecule has 20 heavy (non-hydrogen) atoms. The van der Waals surface area contributed by atoms with Gasteiger partial charge in [-0.15, -0.1) is 0 Å². The van der Waals surface area contributed by atoms with Crippen LogP contribution in [0.3, 0.4) is 0 Å². The molecule has 106 valence electrons. The van der Waals surface area contributed by atoms with Gasteiger partial charge in [-0.2, -0.15) is 4.98 Å². The van der Waals surface area contributed by atoms with E-state index in [0.717, 1.165) is 24.3 Å². The van der Waals surface area contributed by atoms with Gasteiger partial charge in [0.1, 0.15) is 5.75 Å². The third kappa shape index (κ3) is 2.54. The van der Waals surface area contributed by atoms with Crippen LogP contribution in [0.25, 0.3) is 11.4 Å². The first-order valence-electron chi connectivity index (χ1n) is 6.90. The molecule has 3 rings (SSSR count).